The average molecular weight is 827 g/mol. The van der Waals surface area contributed by atoms with E-state index in [0.29, 0.717) is 25.9 Å². The van der Waals surface area contributed by atoms with E-state index in [1.54, 1.807) is 7.11 Å². The molecule has 1 amide bonds. The van der Waals surface area contributed by atoms with Crippen LogP contribution in [0.15, 0.2) is 0 Å². The minimum atomic E-state index is -0.0419. The van der Waals surface area contributed by atoms with Crippen LogP contribution in [0.5, 0.6) is 0 Å². The standard InChI is InChI=1S/C50H100N2O6.H2/c1-6-10-13-16-22-28-36-47(9-4)58-50(54)39-31-24-20-26-33-42-52(43-35-40-51-49(53)45-55-5)41-32-25-18-19-27-34-44-56-46-57-48(37-29-21-15-12-8-3)38-30-23-17-14-11-7-2;/h47-48H,6-46H2,1-5H3,(H,51,53);1H. The van der Waals surface area contributed by atoms with Crippen LogP contribution < -0.4 is 5.32 Å². The first kappa shape index (κ1) is 56.8. The number of hydrogen-bond acceptors (Lipinski definition) is 7. The summed E-state index contributed by atoms with van der Waals surface area (Å²) in [6.07, 6.45) is 41.5. The molecule has 0 fully saturated rings. The highest BCUT2D eigenvalue weighted by Crippen LogP contribution is 2.18. The van der Waals surface area contributed by atoms with Gasteiger partial charge in [-0.3, -0.25) is 9.59 Å². The van der Waals surface area contributed by atoms with Crippen molar-refractivity contribution in [1.82, 2.24) is 10.2 Å². The van der Waals surface area contributed by atoms with Gasteiger partial charge in [-0.15, -0.1) is 0 Å². The maximum absolute atomic E-state index is 12.5. The highest BCUT2D eigenvalue weighted by Gasteiger charge is 2.13. The molecule has 2 atom stereocenters. The quantitative estimate of drug-likeness (QED) is 0.0371. The Hall–Kier alpha value is -1.22. The Morgan fingerprint density at radius 3 is 1.50 bits per heavy atom. The molecule has 0 aliphatic rings. The fourth-order valence-corrected chi connectivity index (χ4v) is 7.82. The number of rotatable bonds is 48. The molecule has 0 saturated carbocycles. The lowest BCUT2D eigenvalue weighted by molar-refractivity contribution is -0.149. The molecule has 58 heavy (non-hydrogen) atoms. The van der Waals surface area contributed by atoms with Crippen molar-refractivity contribution >= 4 is 11.9 Å². The van der Waals surface area contributed by atoms with Crippen molar-refractivity contribution in [3.8, 4) is 0 Å². The predicted molar refractivity (Wildman–Crippen MR) is 249 cm³/mol. The van der Waals surface area contributed by atoms with E-state index in [4.69, 9.17) is 18.9 Å². The molecule has 1 N–H and O–H groups in total. The first-order chi connectivity index (χ1) is 28.5. The molecule has 348 valence electrons. The van der Waals surface area contributed by atoms with E-state index >= 15 is 0 Å². The number of unbranched alkanes of at least 4 members (excludes halogenated alkanes) is 23. The number of amides is 1. The van der Waals surface area contributed by atoms with Crippen LogP contribution in [0, 0.1) is 0 Å². The highest BCUT2D eigenvalue weighted by molar-refractivity contribution is 5.77. The zero-order valence-electron chi connectivity index (χ0n) is 39.5. The minimum absolute atomic E-state index is 0. The molecule has 0 radical (unpaired) electrons. The van der Waals surface area contributed by atoms with E-state index in [9.17, 15) is 9.59 Å². The minimum Gasteiger partial charge on any atom is -0.462 e. The summed E-state index contributed by atoms with van der Waals surface area (Å²) in [5.74, 6) is -0.0506. The van der Waals surface area contributed by atoms with Gasteiger partial charge in [-0.05, 0) is 83.8 Å². The Labute approximate surface area is 362 Å². The molecule has 0 rings (SSSR count). The van der Waals surface area contributed by atoms with Gasteiger partial charge < -0.3 is 29.2 Å². The van der Waals surface area contributed by atoms with Gasteiger partial charge in [-0.1, -0.05) is 175 Å². The SMILES string of the molecule is CCCCCCCCC(CCCCCCC)OCOCCCCCCCCN(CCCCCCCC(=O)OC(CC)CCCCCCCC)CCCNC(=O)COC.[HH]. The van der Waals surface area contributed by atoms with E-state index in [0.717, 1.165) is 71.2 Å². The number of hydrogen-bond donors (Lipinski definition) is 1. The second-order valence-electron chi connectivity index (χ2n) is 17.3. The van der Waals surface area contributed by atoms with Crippen molar-refractivity contribution in [2.45, 2.75) is 258 Å². The van der Waals surface area contributed by atoms with Gasteiger partial charge in [0, 0.05) is 28.1 Å². The smallest absolute Gasteiger partial charge is 0.306 e. The van der Waals surface area contributed by atoms with Crippen molar-refractivity contribution in [2.75, 3.05) is 53.3 Å². The van der Waals surface area contributed by atoms with Crippen LogP contribution in [-0.4, -0.2) is 82.3 Å². The summed E-state index contributed by atoms with van der Waals surface area (Å²) in [7, 11) is 1.56. The second kappa shape index (κ2) is 46.8. The van der Waals surface area contributed by atoms with Crippen molar-refractivity contribution in [1.29, 1.82) is 0 Å². The monoisotopic (exact) mass is 827 g/mol. The Morgan fingerprint density at radius 2 is 0.983 bits per heavy atom. The Bertz CT molecular complexity index is 852. The molecule has 0 spiro atoms. The van der Waals surface area contributed by atoms with Gasteiger partial charge in [-0.25, -0.2) is 0 Å². The molecule has 8 heteroatoms. The molecule has 0 aromatic rings. The molecular formula is C50H102N2O6. The number of nitrogens with one attached hydrogen (secondary N) is 1. The molecule has 0 heterocycles. The van der Waals surface area contributed by atoms with Gasteiger partial charge >= 0.3 is 5.97 Å². The number of carbonyl (C=O) groups is 2. The van der Waals surface area contributed by atoms with Gasteiger partial charge in [-0.2, -0.15) is 0 Å². The summed E-state index contributed by atoms with van der Waals surface area (Å²) < 4.78 is 22.9. The van der Waals surface area contributed by atoms with Crippen LogP contribution in [0.4, 0.5) is 0 Å². The van der Waals surface area contributed by atoms with Crippen molar-refractivity contribution < 1.29 is 30.0 Å². The van der Waals surface area contributed by atoms with E-state index in [-0.39, 0.29) is 26.0 Å². The number of carbonyl (C=O) groups excluding carboxylic acids is 2. The first-order valence-corrected chi connectivity index (χ1v) is 25.4. The summed E-state index contributed by atoms with van der Waals surface area (Å²) in [6.45, 7) is 14.3. The lowest BCUT2D eigenvalue weighted by atomic mass is 10.0. The Balaban J connectivity index is 0. The lowest BCUT2D eigenvalue weighted by Gasteiger charge is -2.22. The van der Waals surface area contributed by atoms with E-state index in [1.807, 2.05) is 0 Å². The molecule has 0 aromatic heterocycles. The highest BCUT2D eigenvalue weighted by atomic mass is 16.7. The lowest BCUT2D eigenvalue weighted by Crippen LogP contribution is -2.32. The van der Waals surface area contributed by atoms with Gasteiger partial charge in [0.05, 0.1) is 6.10 Å². The van der Waals surface area contributed by atoms with Crippen LogP contribution in [0.25, 0.3) is 0 Å². The molecule has 0 bridgehead atoms. The number of ether oxygens (including phenoxy) is 4. The van der Waals surface area contributed by atoms with Crippen LogP contribution in [0.3, 0.4) is 0 Å². The zero-order valence-corrected chi connectivity index (χ0v) is 39.5. The molecule has 0 saturated heterocycles. The number of methoxy groups -OCH3 is 1. The second-order valence-corrected chi connectivity index (χ2v) is 17.3. The number of nitrogens with zero attached hydrogens (tertiary/aromatic N) is 1. The van der Waals surface area contributed by atoms with Gasteiger partial charge in [0.2, 0.25) is 5.91 Å². The normalized spacial score (nSPS) is 12.7. The van der Waals surface area contributed by atoms with Gasteiger partial charge in [0.1, 0.15) is 19.5 Å². The molecule has 0 aliphatic heterocycles. The third-order valence-corrected chi connectivity index (χ3v) is 11.6. The maximum Gasteiger partial charge on any atom is 0.306 e. The summed E-state index contributed by atoms with van der Waals surface area (Å²) in [5, 5.41) is 2.97. The van der Waals surface area contributed by atoms with Crippen LogP contribution in [0.2, 0.25) is 0 Å². The molecule has 2 unspecified atom stereocenters. The third-order valence-electron chi connectivity index (χ3n) is 11.6. The zero-order chi connectivity index (χ0) is 42.4. The molecule has 8 nitrogen and oxygen atoms in total. The molecule has 0 aromatic carbocycles. The van der Waals surface area contributed by atoms with Crippen LogP contribution in [0.1, 0.15) is 247 Å². The summed E-state index contributed by atoms with van der Waals surface area (Å²) in [6, 6.07) is 0. The topological polar surface area (TPSA) is 86.3 Å². The van der Waals surface area contributed by atoms with Crippen molar-refractivity contribution in [2.24, 2.45) is 0 Å². The van der Waals surface area contributed by atoms with E-state index in [1.165, 1.54) is 167 Å². The number of esters is 1. The third kappa shape index (κ3) is 41.5. The Kier molecular flexibility index (Phi) is 45.9. The summed E-state index contributed by atoms with van der Waals surface area (Å²) in [5.41, 5.74) is 0. The van der Waals surface area contributed by atoms with Crippen LogP contribution in [-0.2, 0) is 28.5 Å². The van der Waals surface area contributed by atoms with Crippen LogP contribution >= 0.6 is 0 Å². The average Bonchev–Trinajstić information content (AvgIpc) is 3.22. The molecular weight excluding hydrogens is 725 g/mol. The predicted octanol–water partition coefficient (Wildman–Crippen LogP) is 13.9. The largest absolute Gasteiger partial charge is 0.462 e. The van der Waals surface area contributed by atoms with E-state index in [2.05, 4.69) is 37.9 Å². The van der Waals surface area contributed by atoms with Gasteiger partial charge in [0.15, 0.2) is 0 Å². The van der Waals surface area contributed by atoms with E-state index < -0.39 is 0 Å². The molecule has 0 aliphatic carbocycles. The maximum atomic E-state index is 12.5. The fourth-order valence-electron chi connectivity index (χ4n) is 7.82. The summed E-state index contributed by atoms with van der Waals surface area (Å²) >= 11 is 0. The van der Waals surface area contributed by atoms with Crippen molar-refractivity contribution in [3.63, 3.8) is 0 Å². The van der Waals surface area contributed by atoms with Crippen molar-refractivity contribution in [3.05, 3.63) is 0 Å². The first-order valence-electron chi connectivity index (χ1n) is 25.4. The fraction of sp³-hybridized carbons (Fsp3) is 0.960. The Morgan fingerprint density at radius 1 is 0.534 bits per heavy atom. The van der Waals surface area contributed by atoms with Gasteiger partial charge in [0.25, 0.3) is 0 Å². The summed E-state index contributed by atoms with van der Waals surface area (Å²) in [4.78, 5) is 26.9.